The van der Waals surface area contributed by atoms with Crippen molar-refractivity contribution in [3.63, 3.8) is 0 Å². The normalized spacial score (nSPS) is 11.5. The first-order valence-electron chi connectivity index (χ1n) is 3.70. The summed E-state index contributed by atoms with van der Waals surface area (Å²) in [6, 6.07) is 0. The van der Waals surface area contributed by atoms with Crippen LogP contribution in [0.2, 0.25) is 0 Å². The van der Waals surface area contributed by atoms with Crippen molar-refractivity contribution in [3.05, 3.63) is 0 Å². The minimum absolute atomic E-state index is 1.15. The van der Waals surface area contributed by atoms with Crippen LogP contribution >= 0.6 is 0 Å². The number of carbonyl (C=O) groups is 3. The van der Waals surface area contributed by atoms with Crippen LogP contribution in [0.4, 0.5) is 13.2 Å². The molecule has 0 fully saturated rings. The van der Waals surface area contributed by atoms with E-state index < -0.39 is 42.7 Å². The molecule has 0 heterocycles. The van der Waals surface area contributed by atoms with E-state index in [1.165, 1.54) is 0 Å². The number of aliphatic carboxylic acids is 2. The Balaban J connectivity index is 4.42. The fraction of sp³-hybridized carbons (Fsp3) is 0.571. The number of hydrogen-bond acceptors (Lipinski definition) is 3. The summed E-state index contributed by atoms with van der Waals surface area (Å²) in [4.78, 5) is 31.3. The number of hydrogen-bond donors (Lipinski definition) is 2. The summed E-state index contributed by atoms with van der Waals surface area (Å²) < 4.78 is 34.9. The fourth-order valence-electron chi connectivity index (χ4n) is 0.790. The predicted molar refractivity (Wildman–Crippen MR) is 39.1 cm³/mol. The predicted octanol–water partition coefficient (Wildman–Crippen LogP) is 0.683. The summed E-state index contributed by atoms with van der Waals surface area (Å²) in [5.41, 5.74) is 0. The fourth-order valence-corrected chi connectivity index (χ4v) is 0.790. The molecule has 0 saturated heterocycles. The molecule has 0 atom stereocenters. The van der Waals surface area contributed by atoms with Gasteiger partial charge in [0.15, 0.2) is 5.78 Å². The Morgan fingerprint density at radius 2 is 1.47 bits per heavy atom. The minimum Gasteiger partial charge on any atom is -0.480 e. The highest BCUT2D eigenvalue weighted by Gasteiger charge is 2.36. The van der Waals surface area contributed by atoms with E-state index in [1.807, 2.05) is 0 Å². The van der Waals surface area contributed by atoms with Gasteiger partial charge in [0.1, 0.15) is 0 Å². The molecule has 0 saturated carbocycles. The average Bonchev–Trinajstić information content (AvgIpc) is 1.97. The zero-order valence-corrected chi connectivity index (χ0v) is 7.24. The van der Waals surface area contributed by atoms with Gasteiger partial charge in [0.2, 0.25) is 5.92 Å². The van der Waals surface area contributed by atoms with E-state index in [0.29, 0.717) is 0 Å². The quantitative estimate of drug-likeness (QED) is 0.675. The molecule has 5 nitrogen and oxygen atoms in total. The number of carboxylic acid groups (broad SMARTS) is 2. The van der Waals surface area contributed by atoms with E-state index in [0.717, 1.165) is 0 Å². The Kier molecular flexibility index (Phi) is 4.25. The molecule has 0 radical (unpaired) electrons. The van der Waals surface area contributed by atoms with E-state index in [1.54, 1.807) is 0 Å². The van der Waals surface area contributed by atoms with Gasteiger partial charge in [0, 0.05) is 6.42 Å². The van der Waals surface area contributed by atoms with Crippen molar-refractivity contribution in [2.24, 2.45) is 5.92 Å². The van der Waals surface area contributed by atoms with E-state index in [-0.39, 0.29) is 0 Å². The Hall–Kier alpha value is -1.60. The van der Waals surface area contributed by atoms with E-state index >= 15 is 0 Å². The first-order valence-corrected chi connectivity index (χ1v) is 3.70. The van der Waals surface area contributed by atoms with Crippen LogP contribution < -0.4 is 0 Å². The lowest BCUT2D eigenvalue weighted by molar-refractivity contribution is -0.161. The van der Waals surface area contributed by atoms with Crippen molar-refractivity contribution >= 4 is 17.7 Å². The lowest BCUT2D eigenvalue weighted by Gasteiger charge is -2.08. The summed E-state index contributed by atoms with van der Waals surface area (Å²) >= 11 is 0. The third-order valence-electron chi connectivity index (χ3n) is 1.47. The highest BCUT2D eigenvalue weighted by molar-refractivity contribution is 6.13. The Morgan fingerprint density at radius 1 is 1.07 bits per heavy atom. The lowest BCUT2D eigenvalue weighted by Crippen LogP contribution is -2.32. The van der Waals surface area contributed by atoms with Crippen LogP contribution in [0, 0.1) is 5.92 Å². The van der Waals surface area contributed by atoms with Crippen molar-refractivity contribution in [1.29, 1.82) is 0 Å². The van der Waals surface area contributed by atoms with Crippen molar-refractivity contribution in [3.8, 4) is 0 Å². The Labute approximate surface area is 81.5 Å². The number of rotatable bonds is 5. The highest BCUT2D eigenvalue weighted by atomic mass is 19.4. The van der Waals surface area contributed by atoms with Gasteiger partial charge >= 0.3 is 18.1 Å². The second-order valence-corrected chi connectivity index (χ2v) is 2.69. The van der Waals surface area contributed by atoms with Crippen LogP contribution in [0.15, 0.2) is 0 Å². The van der Waals surface area contributed by atoms with Gasteiger partial charge in [-0.3, -0.25) is 14.4 Å². The molecular weight excluding hydrogens is 221 g/mol. The van der Waals surface area contributed by atoms with Gasteiger partial charge in [0.05, 0.1) is 6.42 Å². The number of Topliss-reactive ketones (excluding diaryl/α,β-unsaturated/α-hetero) is 1. The maximum Gasteiger partial charge on any atom is 0.389 e. The smallest absolute Gasteiger partial charge is 0.389 e. The van der Waals surface area contributed by atoms with Crippen LogP contribution in [0.5, 0.6) is 0 Å². The molecule has 86 valence electrons. The first-order chi connectivity index (χ1) is 6.65. The molecule has 15 heavy (non-hydrogen) atoms. The van der Waals surface area contributed by atoms with Crippen molar-refractivity contribution < 1.29 is 37.8 Å². The molecular formula is C7H7F3O5. The second kappa shape index (κ2) is 4.76. The van der Waals surface area contributed by atoms with Crippen LogP contribution in [0.1, 0.15) is 12.8 Å². The molecule has 0 aliphatic rings. The Morgan fingerprint density at radius 3 is 1.73 bits per heavy atom. The van der Waals surface area contributed by atoms with Gasteiger partial charge in [-0.05, 0) is 0 Å². The zero-order valence-electron chi connectivity index (χ0n) is 7.24. The summed E-state index contributed by atoms with van der Waals surface area (Å²) in [6.45, 7) is 0. The van der Waals surface area contributed by atoms with Crippen LogP contribution in [0.25, 0.3) is 0 Å². The number of carbonyl (C=O) groups excluding carboxylic acids is 1. The number of ketones is 1. The maximum absolute atomic E-state index is 11.6. The first kappa shape index (κ1) is 13.4. The van der Waals surface area contributed by atoms with Gasteiger partial charge in [-0.2, -0.15) is 13.2 Å². The van der Waals surface area contributed by atoms with E-state index in [4.69, 9.17) is 10.2 Å². The molecule has 0 aromatic carbocycles. The van der Waals surface area contributed by atoms with Gasteiger partial charge in [-0.1, -0.05) is 0 Å². The molecule has 8 heteroatoms. The maximum atomic E-state index is 11.6. The molecule has 0 amide bonds. The lowest BCUT2D eigenvalue weighted by atomic mass is 10.0. The van der Waals surface area contributed by atoms with Crippen molar-refractivity contribution in [2.45, 2.75) is 19.0 Å². The van der Waals surface area contributed by atoms with E-state index in [9.17, 15) is 27.6 Å². The van der Waals surface area contributed by atoms with Crippen molar-refractivity contribution in [2.75, 3.05) is 0 Å². The molecule has 0 rings (SSSR count). The van der Waals surface area contributed by atoms with Gasteiger partial charge < -0.3 is 10.2 Å². The van der Waals surface area contributed by atoms with E-state index in [2.05, 4.69) is 0 Å². The number of halogens is 3. The summed E-state index contributed by atoms with van der Waals surface area (Å²) in [5.74, 6) is -7.82. The van der Waals surface area contributed by atoms with Crippen LogP contribution in [0.3, 0.4) is 0 Å². The average molecular weight is 228 g/mol. The molecule has 0 aromatic rings. The summed E-state index contributed by atoms with van der Waals surface area (Å²) in [6.07, 6.45) is -7.28. The molecule has 0 aliphatic carbocycles. The molecule has 0 aliphatic heterocycles. The molecule has 0 aromatic heterocycles. The van der Waals surface area contributed by atoms with Crippen molar-refractivity contribution in [1.82, 2.24) is 0 Å². The minimum atomic E-state index is -4.61. The molecule has 0 spiro atoms. The summed E-state index contributed by atoms with van der Waals surface area (Å²) in [7, 11) is 0. The SMILES string of the molecule is O=C(O)C(C(=O)O)C(=O)CCC(F)(F)F. The molecule has 0 bridgehead atoms. The van der Waals surface area contributed by atoms with Gasteiger partial charge in [-0.25, -0.2) is 0 Å². The van der Waals surface area contributed by atoms with Crippen LogP contribution in [-0.4, -0.2) is 34.1 Å². The number of alkyl halides is 3. The van der Waals surface area contributed by atoms with Crippen LogP contribution in [-0.2, 0) is 14.4 Å². The summed E-state index contributed by atoms with van der Waals surface area (Å²) in [5, 5.41) is 16.5. The number of carboxylic acids is 2. The Bertz CT molecular complexity index is 269. The molecule has 2 N–H and O–H groups in total. The highest BCUT2D eigenvalue weighted by Crippen LogP contribution is 2.22. The molecule has 0 unspecified atom stereocenters. The third kappa shape index (κ3) is 4.99. The standard InChI is InChI=1S/C7H7F3O5/c8-7(9,10)2-1-3(11)4(5(12)13)6(14)15/h4H,1-2H2,(H,12,13)(H,14,15). The largest absolute Gasteiger partial charge is 0.480 e. The zero-order chi connectivity index (χ0) is 12.2. The topological polar surface area (TPSA) is 91.7 Å². The second-order valence-electron chi connectivity index (χ2n) is 2.69. The monoisotopic (exact) mass is 228 g/mol. The third-order valence-corrected chi connectivity index (χ3v) is 1.47. The van der Waals surface area contributed by atoms with Gasteiger partial charge in [-0.15, -0.1) is 0 Å². The van der Waals surface area contributed by atoms with Gasteiger partial charge in [0.25, 0.3) is 0 Å².